The minimum Gasteiger partial charge on any atom is -0.381 e. The molecule has 0 bridgehead atoms. The van der Waals surface area contributed by atoms with Crippen molar-refractivity contribution in [2.24, 2.45) is 5.41 Å². The van der Waals surface area contributed by atoms with Crippen molar-refractivity contribution >= 4 is 18.3 Å². The first-order valence-electron chi connectivity index (χ1n) is 7.84. The van der Waals surface area contributed by atoms with Crippen LogP contribution >= 0.6 is 12.6 Å². The van der Waals surface area contributed by atoms with E-state index in [1.54, 1.807) is 0 Å². The summed E-state index contributed by atoms with van der Waals surface area (Å²) in [5, 5.41) is 0. The van der Waals surface area contributed by atoms with Gasteiger partial charge in [0.2, 0.25) is 0 Å². The van der Waals surface area contributed by atoms with E-state index in [2.05, 4.69) is 41.8 Å². The van der Waals surface area contributed by atoms with Crippen molar-refractivity contribution in [3.63, 3.8) is 0 Å². The fourth-order valence-corrected chi connectivity index (χ4v) is 3.93. The minimum absolute atomic E-state index is 0.332. The molecule has 1 fully saturated rings. The zero-order valence-electron chi connectivity index (χ0n) is 12.2. The lowest BCUT2D eigenvalue weighted by molar-refractivity contribution is 0.0296. The van der Waals surface area contributed by atoms with Gasteiger partial charge in [-0.1, -0.05) is 18.2 Å². The van der Waals surface area contributed by atoms with Gasteiger partial charge < -0.3 is 9.64 Å². The molecule has 1 aromatic rings. The standard InChI is InChI=1S/C17H25NOS/c20-14-17(8-11-19-12-9-17)13-18-10-4-3-6-15-5-1-2-7-16(15)18/h1-2,5,7,20H,3-4,6,8-14H2. The topological polar surface area (TPSA) is 12.5 Å². The Balaban J connectivity index is 1.82. The summed E-state index contributed by atoms with van der Waals surface area (Å²) in [6.45, 7) is 4.12. The van der Waals surface area contributed by atoms with E-state index in [9.17, 15) is 0 Å². The molecular weight excluding hydrogens is 266 g/mol. The van der Waals surface area contributed by atoms with Gasteiger partial charge in [0.05, 0.1) is 0 Å². The SMILES string of the molecule is SCC1(CN2CCCCc3ccccc32)CCOCC1. The second kappa shape index (κ2) is 6.40. The number of fused-ring (bicyclic) bond motifs is 1. The van der Waals surface area contributed by atoms with Crippen LogP contribution in [0.1, 0.15) is 31.2 Å². The van der Waals surface area contributed by atoms with Crippen molar-refractivity contribution in [2.45, 2.75) is 32.1 Å². The molecule has 0 amide bonds. The molecule has 110 valence electrons. The van der Waals surface area contributed by atoms with E-state index >= 15 is 0 Å². The van der Waals surface area contributed by atoms with Crippen molar-refractivity contribution in [1.29, 1.82) is 0 Å². The number of hydrogen-bond acceptors (Lipinski definition) is 3. The molecule has 1 saturated heterocycles. The predicted octanol–water partition coefficient (Wildman–Crippen LogP) is 3.56. The van der Waals surface area contributed by atoms with Gasteiger partial charge in [-0.05, 0) is 49.5 Å². The van der Waals surface area contributed by atoms with E-state index in [1.165, 1.54) is 37.1 Å². The lowest BCUT2D eigenvalue weighted by Crippen LogP contribution is -2.43. The average molecular weight is 291 g/mol. The van der Waals surface area contributed by atoms with E-state index in [4.69, 9.17) is 4.74 Å². The molecule has 0 spiro atoms. The molecule has 0 unspecified atom stereocenters. The van der Waals surface area contributed by atoms with Gasteiger partial charge in [-0.15, -0.1) is 0 Å². The smallest absolute Gasteiger partial charge is 0.0472 e. The van der Waals surface area contributed by atoms with Gasteiger partial charge >= 0.3 is 0 Å². The van der Waals surface area contributed by atoms with Crippen LogP contribution < -0.4 is 4.90 Å². The Labute approximate surface area is 127 Å². The summed E-state index contributed by atoms with van der Waals surface area (Å²) >= 11 is 4.66. The van der Waals surface area contributed by atoms with Gasteiger partial charge in [-0.2, -0.15) is 12.6 Å². The molecule has 1 aromatic carbocycles. The van der Waals surface area contributed by atoms with Crippen molar-refractivity contribution in [2.75, 3.05) is 37.0 Å². The number of anilines is 1. The van der Waals surface area contributed by atoms with Gasteiger partial charge in [0.25, 0.3) is 0 Å². The number of hydrogen-bond donors (Lipinski definition) is 1. The van der Waals surface area contributed by atoms with Crippen LogP contribution in [0.25, 0.3) is 0 Å². The molecule has 0 radical (unpaired) electrons. The van der Waals surface area contributed by atoms with Crippen molar-refractivity contribution in [3.8, 4) is 0 Å². The van der Waals surface area contributed by atoms with Crippen LogP contribution in [0.3, 0.4) is 0 Å². The van der Waals surface area contributed by atoms with E-state index in [0.29, 0.717) is 5.41 Å². The van der Waals surface area contributed by atoms with Gasteiger partial charge in [-0.3, -0.25) is 0 Å². The molecule has 0 saturated carbocycles. The summed E-state index contributed by atoms with van der Waals surface area (Å²) in [6.07, 6.45) is 6.13. The zero-order chi connectivity index (χ0) is 13.8. The minimum atomic E-state index is 0.332. The van der Waals surface area contributed by atoms with Crippen LogP contribution in [0, 0.1) is 5.41 Å². The first-order chi connectivity index (χ1) is 9.83. The summed E-state index contributed by atoms with van der Waals surface area (Å²) < 4.78 is 5.56. The Hall–Kier alpha value is -0.670. The molecule has 2 heterocycles. The Morgan fingerprint density at radius 1 is 1.15 bits per heavy atom. The number of thiol groups is 1. The quantitative estimate of drug-likeness (QED) is 0.855. The van der Waals surface area contributed by atoms with E-state index in [1.807, 2.05) is 0 Å². The third-order valence-corrected chi connectivity index (χ3v) is 5.54. The molecule has 3 rings (SSSR count). The fourth-order valence-electron chi connectivity index (χ4n) is 3.51. The molecule has 0 aliphatic carbocycles. The summed E-state index contributed by atoms with van der Waals surface area (Å²) in [7, 11) is 0. The molecule has 20 heavy (non-hydrogen) atoms. The highest BCUT2D eigenvalue weighted by Gasteiger charge is 2.34. The summed E-state index contributed by atoms with van der Waals surface area (Å²) in [4.78, 5) is 2.61. The largest absolute Gasteiger partial charge is 0.381 e. The number of benzene rings is 1. The average Bonchev–Trinajstić information content (AvgIpc) is 2.71. The van der Waals surface area contributed by atoms with E-state index in [0.717, 1.165) is 38.4 Å². The monoisotopic (exact) mass is 291 g/mol. The van der Waals surface area contributed by atoms with Crippen molar-refractivity contribution in [3.05, 3.63) is 29.8 Å². The third kappa shape index (κ3) is 2.99. The molecular formula is C17H25NOS. The lowest BCUT2D eigenvalue weighted by atomic mass is 9.81. The lowest BCUT2D eigenvalue weighted by Gasteiger charge is -2.41. The van der Waals surface area contributed by atoms with Crippen LogP contribution in [0.4, 0.5) is 5.69 Å². The number of aryl methyl sites for hydroxylation is 1. The Morgan fingerprint density at radius 2 is 1.95 bits per heavy atom. The summed E-state index contributed by atoms with van der Waals surface area (Å²) in [6, 6.07) is 8.94. The highest BCUT2D eigenvalue weighted by atomic mass is 32.1. The van der Waals surface area contributed by atoms with Gasteiger partial charge in [0, 0.05) is 37.4 Å². The summed E-state index contributed by atoms with van der Waals surface area (Å²) in [5.74, 6) is 0.967. The molecule has 2 aliphatic heterocycles. The molecule has 3 heteroatoms. The molecule has 2 aliphatic rings. The van der Waals surface area contributed by atoms with Crippen LogP contribution in [-0.2, 0) is 11.2 Å². The Morgan fingerprint density at radius 3 is 2.75 bits per heavy atom. The predicted molar refractivity (Wildman–Crippen MR) is 87.9 cm³/mol. The molecule has 0 N–H and O–H groups in total. The Kier molecular flexibility index (Phi) is 4.57. The number of nitrogens with zero attached hydrogens (tertiary/aromatic N) is 1. The zero-order valence-corrected chi connectivity index (χ0v) is 13.1. The van der Waals surface area contributed by atoms with E-state index in [-0.39, 0.29) is 0 Å². The molecule has 0 atom stereocenters. The van der Waals surface area contributed by atoms with Crippen molar-refractivity contribution < 1.29 is 4.74 Å². The van der Waals surface area contributed by atoms with Crippen LogP contribution in [0.2, 0.25) is 0 Å². The summed E-state index contributed by atoms with van der Waals surface area (Å²) in [5.41, 5.74) is 3.31. The van der Waals surface area contributed by atoms with Crippen molar-refractivity contribution in [1.82, 2.24) is 0 Å². The highest BCUT2D eigenvalue weighted by Crippen LogP contribution is 2.36. The van der Waals surface area contributed by atoms with Crippen LogP contribution in [0.15, 0.2) is 24.3 Å². The fraction of sp³-hybridized carbons (Fsp3) is 0.647. The highest BCUT2D eigenvalue weighted by molar-refractivity contribution is 7.80. The molecule has 0 aromatic heterocycles. The van der Waals surface area contributed by atoms with Gasteiger partial charge in [0.1, 0.15) is 0 Å². The van der Waals surface area contributed by atoms with Gasteiger partial charge in [0.15, 0.2) is 0 Å². The normalized spacial score (nSPS) is 22.1. The third-order valence-electron chi connectivity index (χ3n) is 4.87. The second-order valence-electron chi connectivity index (χ2n) is 6.28. The number of ether oxygens (including phenoxy) is 1. The number of rotatable bonds is 3. The van der Waals surface area contributed by atoms with Crippen LogP contribution in [-0.4, -0.2) is 32.1 Å². The Bertz CT molecular complexity index is 442. The maximum absolute atomic E-state index is 5.56. The second-order valence-corrected chi connectivity index (χ2v) is 6.59. The maximum Gasteiger partial charge on any atom is 0.0472 e. The molecule has 2 nitrogen and oxygen atoms in total. The van der Waals surface area contributed by atoms with Gasteiger partial charge in [-0.25, -0.2) is 0 Å². The maximum atomic E-state index is 5.56. The number of para-hydroxylation sites is 1. The first kappa shape index (κ1) is 14.3. The van der Waals surface area contributed by atoms with E-state index < -0.39 is 0 Å². The first-order valence-corrected chi connectivity index (χ1v) is 8.48. The van der Waals surface area contributed by atoms with Crippen LogP contribution in [0.5, 0.6) is 0 Å².